The van der Waals surface area contributed by atoms with Gasteiger partial charge in [0.15, 0.2) is 0 Å². The molecule has 1 heterocycles. The largest absolute Gasteiger partial charge is 0.267 e. The van der Waals surface area contributed by atoms with Crippen LogP contribution in [0.25, 0.3) is 0 Å². The van der Waals surface area contributed by atoms with Gasteiger partial charge in [0.05, 0.1) is 11.4 Å². The minimum Gasteiger partial charge on any atom is -0.248 e. The highest BCUT2D eigenvalue weighted by Gasteiger charge is 2.18. The van der Waals surface area contributed by atoms with Gasteiger partial charge in [-0.2, -0.15) is 0 Å². The summed E-state index contributed by atoms with van der Waals surface area (Å²) >= 11 is 11.5. The number of hydrogen-bond acceptors (Lipinski definition) is 1. The molecule has 0 saturated heterocycles. The van der Waals surface area contributed by atoms with Crippen LogP contribution >= 0.6 is 43.5 Å². The molecular formula is C7H4Br2ClF2N. The maximum Gasteiger partial charge on any atom is 0.267 e. The summed E-state index contributed by atoms with van der Waals surface area (Å²) in [6.45, 7) is 0. The van der Waals surface area contributed by atoms with Crippen LogP contribution in [0.3, 0.4) is 0 Å². The van der Waals surface area contributed by atoms with E-state index in [1.54, 1.807) is 0 Å². The van der Waals surface area contributed by atoms with E-state index in [0.29, 0.717) is 10.0 Å². The number of rotatable bonds is 2. The van der Waals surface area contributed by atoms with Crippen molar-refractivity contribution >= 4 is 43.5 Å². The molecule has 0 saturated carbocycles. The minimum absolute atomic E-state index is 0.142. The monoisotopic (exact) mass is 333 g/mol. The minimum atomic E-state index is -2.57. The van der Waals surface area contributed by atoms with Crippen molar-refractivity contribution in [1.29, 1.82) is 0 Å². The van der Waals surface area contributed by atoms with Crippen molar-refractivity contribution in [3.05, 3.63) is 26.4 Å². The molecule has 6 heteroatoms. The van der Waals surface area contributed by atoms with Gasteiger partial charge in [-0.15, -0.1) is 11.6 Å². The van der Waals surface area contributed by atoms with E-state index in [1.807, 2.05) is 0 Å². The van der Waals surface area contributed by atoms with Crippen LogP contribution in [-0.4, -0.2) is 4.98 Å². The third-order valence-corrected chi connectivity index (χ3v) is 3.29. The zero-order valence-corrected chi connectivity index (χ0v) is 10.1. The Labute approximate surface area is 95.8 Å². The van der Waals surface area contributed by atoms with Crippen molar-refractivity contribution in [3.63, 3.8) is 0 Å². The van der Waals surface area contributed by atoms with Crippen LogP contribution in [0.4, 0.5) is 8.78 Å². The third kappa shape index (κ3) is 2.39. The summed E-state index contributed by atoms with van der Waals surface area (Å²) in [5.41, 5.74) is 0.401. The van der Waals surface area contributed by atoms with Crippen molar-refractivity contribution in [2.75, 3.05) is 0 Å². The Morgan fingerprint density at radius 2 is 2.08 bits per heavy atom. The molecule has 0 radical (unpaired) electrons. The molecule has 0 unspecified atom stereocenters. The van der Waals surface area contributed by atoms with Gasteiger partial charge in [-0.25, -0.2) is 13.8 Å². The summed E-state index contributed by atoms with van der Waals surface area (Å²) in [5.74, 6) is 0.153. The molecular weight excluding hydrogens is 331 g/mol. The fraction of sp³-hybridized carbons (Fsp3) is 0.286. The van der Waals surface area contributed by atoms with Crippen molar-refractivity contribution in [2.45, 2.75) is 12.3 Å². The van der Waals surface area contributed by atoms with Crippen LogP contribution in [0.5, 0.6) is 0 Å². The van der Waals surface area contributed by atoms with Crippen molar-refractivity contribution < 1.29 is 8.78 Å². The number of hydrogen-bond donors (Lipinski definition) is 0. The number of aromatic nitrogens is 1. The highest BCUT2D eigenvalue weighted by molar-refractivity contribution is 9.11. The average molecular weight is 335 g/mol. The SMILES string of the molecule is FC(F)c1c(Br)ncc(CCl)c1Br. The lowest BCUT2D eigenvalue weighted by molar-refractivity contribution is 0.149. The Balaban J connectivity index is 3.30. The Morgan fingerprint density at radius 1 is 1.46 bits per heavy atom. The Hall–Kier alpha value is 0.260. The first kappa shape index (κ1) is 11.3. The first-order chi connectivity index (χ1) is 6.07. The highest BCUT2D eigenvalue weighted by atomic mass is 79.9. The molecule has 1 aromatic rings. The standard InChI is InChI=1S/C7H4Br2ClF2N/c8-5-3(1-10)2-13-6(9)4(5)7(11)12/h2,7H,1H2. The fourth-order valence-corrected chi connectivity index (χ4v) is 2.51. The molecule has 0 atom stereocenters. The van der Waals surface area contributed by atoms with E-state index in [-0.39, 0.29) is 16.0 Å². The van der Waals surface area contributed by atoms with E-state index in [4.69, 9.17) is 11.6 Å². The quantitative estimate of drug-likeness (QED) is 0.581. The van der Waals surface area contributed by atoms with Gasteiger partial charge in [0.25, 0.3) is 6.43 Å². The zero-order chi connectivity index (χ0) is 10.0. The van der Waals surface area contributed by atoms with Gasteiger partial charge in [0.2, 0.25) is 0 Å². The van der Waals surface area contributed by atoms with Gasteiger partial charge in [-0.1, -0.05) is 0 Å². The van der Waals surface area contributed by atoms with Gasteiger partial charge in [-0.3, -0.25) is 0 Å². The second kappa shape index (κ2) is 4.66. The zero-order valence-electron chi connectivity index (χ0n) is 6.20. The number of nitrogens with zero attached hydrogens (tertiary/aromatic N) is 1. The van der Waals surface area contributed by atoms with E-state index in [9.17, 15) is 8.78 Å². The lowest BCUT2D eigenvalue weighted by atomic mass is 10.2. The second-order valence-electron chi connectivity index (χ2n) is 2.24. The topological polar surface area (TPSA) is 12.9 Å². The summed E-state index contributed by atoms with van der Waals surface area (Å²) < 4.78 is 25.4. The maximum atomic E-state index is 12.5. The van der Waals surface area contributed by atoms with Gasteiger partial charge in [0.1, 0.15) is 4.60 Å². The van der Waals surface area contributed by atoms with Crippen LogP contribution in [0.1, 0.15) is 17.6 Å². The summed E-state index contributed by atoms with van der Waals surface area (Å²) in [6.07, 6.45) is -1.12. The van der Waals surface area contributed by atoms with Crippen LogP contribution in [0.2, 0.25) is 0 Å². The Kier molecular flexibility index (Phi) is 4.06. The lowest BCUT2D eigenvalue weighted by Crippen LogP contribution is -1.95. The summed E-state index contributed by atoms with van der Waals surface area (Å²) in [7, 11) is 0. The molecule has 72 valence electrons. The molecule has 1 aromatic heterocycles. The predicted molar refractivity (Wildman–Crippen MR) is 54.2 cm³/mol. The summed E-state index contributed by atoms with van der Waals surface area (Å²) in [5, 5.41) is 0. The van der Waals surface area contributed by atoms with Crippen molar-refractivity contribution in [1.82, 2.24) is 4.98 Å². The van der Waals surface area contributed by atoms with Gasteiger partial charge < -0.3 is 0 Å². The second-order valence-corrected chi connectivity index (χ2v) is 4.05. The van der Waals surface area contributed by atoms with Crippen LogP contribution < -0.4 is 0 Å². The first-order valence-corrected chi connectivity index (χ1v) is 5.36. The maximum absolute atomic E-state index is 12.5. The first-order valence-electron chi connectivity index (χ1n) is 3.24. The van der Waals surface area contributed by atoms with Crippen molar-refractivity contribution in [2.24, 2.45) is 0 Å². The van der Waals surface area contributed by atoms with E-state index in [1.165, 1.54) is 6.20 Å². The predicted octanol–water partition coefficient (Wildman–Crippen LogP) is 4.28. The van der Waals surface area contributed by atoms with E-state index in [2.05, 4.69) is 36.8 Å². The fourth-order valence-electron chi connectivity index (χ4n) is 0.803. The molecule has 0 amide bonds. The highest BCUT2D eigenvalue weighted by Crippen LogP contribution is 2.35. The van der Waals surface area contributed by atoms with E-state index in [0.717, 1.165) is 0 Å². The molecule has 1 nitrogen and oxygen atoms in total. The number of pyridine rings is 1. The summed E-state index contributed by atoms with van der Waals surface area (Å²) in [6, 6.07) is 0. The van der Waals surface area contributed by atoms with Gasteiger partial charge in [-0.05, 0) is 37.4 Å². The molecule has 0 aliphatic rings. The van der Waals surface area contributed by atoms with Crippen molar-refractivity contribution in [3.8, 4) is 0 Å². The molecule has 0 N–H and O–H groups in total. The van der Waals surface area contributed by atoms with Gasteiger partial charge >= 0.3 is 0 Å². The summed E-state index contributed by atoms with van der Waals surface area (Å²) in [4.78, 5) is 3.75. The van der Waals surface area contributed by atoms with Crippen LogP contribution in [0.15, 0.2) is 15.3 Å². The van der Waals surface area contributed by atoms with Crippen LogP contribution in [-0.2, 0) is 5.88 Å². The Morgan fingerprint density at radius 3 is 2.54 bits per heavy atom. The normalized spacial score (nSPS) is 10.9. The molecule has 0 spiro atoms. The molecule has 0 aliphatic carbocycles. The average Bonchev–Trinajstić information content (AvgIpc) is 2.04. The molecule has 0 bridgehead atoms. The molecule has 0 aliphatic heterocycles. The molecule has 0 aromatic carbocycles. The number of halogens is 5. The molecule has 0 fully saturated rings. The Bertz CT molecular complexity index is 320. The molecule has 1 rings (SSSR count). The van der Waals surface area contributed by atoms with E-state index >= 15 is 0 Å². The number of alkyl halides is 3. The van der Waals surface area contributed by atoms with Crippen LogP contribution in [0, 0.1) is 0 Å². The molecule has 13 heavy (non-hydrogen) atoms. The van der Waals surface area contributed by atoms with Gasteiger partial charge in [0, 0.05) is 10.7 Å². The van der Waals surface area contributed by atoms with E-state index < -0.39 is 6.43 Å². The third-order valence-electron chi connectivity index (χ3n) is 1.44. The smallest absolute Gasteiger partial charge is 0.248 e. The lowest BCUT2D eigenvalue weighted by Gasteiger charge is -2.08.